The zero-order valence-electron chi connectivity index (χ0n) is 15.1. The minimum atomic E-state index is -1.43. The summed E-state index contributed by atoms with van der Waals surface area (Å²) >= 11 is 0. The summed E-state index contributed by atoms with van der Waals surface area (Å²) in [6.45, 7) is 0. The fraction of sp³-hybridized carbons (Fsp3) is 0.0435. The third kappa shape index (κ3) is 2.84. The molecule has 0 saturated heterocycles. The van der Waals surface area contributed by atoms with Crippen LogP contribution in [0.5, 0.6) is 0 Å². The molecule has 1 aliphatic heterocycles. The molecule has 0 bridgehead atoms. The minimum Gasteiger partial charge on any atom is -0.478 e. The molecular formula is C23H14FNO3S. The Kier molecular flexibility index (Phi) is 4.03. The molecule has 0 aliphatic carbocycles. The second-order valence-electron chi connectivity index (χ2n) is 6.85. The van der Waals surface area contributed by atoms with Crippen molar-refractivity contribution >= 4 is 27.7 Å². The number of carboxylic acids is 1. The number of nitrogens with zero attached hydrogens (tertiary/aromatic N) is 1. The smallest absolute Gasteiger partial charge is 0.336 e. The number of aromatic nitrogens is 1. The van der Waals surface area contributed by atoms with E-state index in [9.17, 15) is 18.5 Å². The Balaban J connectivity index is 1.79. The number of rotatable bonds is 2. The maximum Gasteiger partial charge on any atom is 0.336 e. The molecule has 142 valence electrons. The first-order valence-electron chi connectivity index (χ1n) is 8.96. The maximum atomic E-state index is 13.8. The predicted molar refractivity (Wildman–Crippen MR) is 110 cm³/mol. The van der Waals surface area contributed by atoms with Gasteiger partial charge in [0.15, 0.2) is 0 Å². The number of aromatic carboxylic acids is 1. The van der Waals surface area contributed by atoms with Crippen LogP contribution in [0.2, 0.25) is 0 Å². The summed E-state index contributed by atoms with van der Waals surface area (Å²) in [6, 6.07) is 19.3. The van der Waals surface area contributed by atoms with Gasteiger partial charge in [0.1, 0.15) is 5.82 Å². The number of pyridine rings is 1. The van der Waals surface area contributed by atoms with Crippen molar-refractivity contribution in [2.45, 2.75) is 10.6 Å². The second kappa shape index (κ2) is 6.60. The number of hydrogen-bond acceptors (Lipinski definition) is 3. The largest absolute Gasteiger partial charge is 0.478 e. The van der Waals surface area contributed by atoms with Crippen molar-refractivity contribution < 1.29 is 18.5 Å². The fourth-order valence-corrected chi connectivity index (χ4v) is 5.17. The van der Waals surface area contributed by atoms with Crippen molar-refractivity contribution in [3.8, 4) is 22.4 Å². The van der Waals surface area contributed by atoms with Crippen LogP contribution in [0.3, 0.4) is 0 Å². The molecule has 1 aromatic heterocycles. The Morgan fingerprint density at radius 1 is 1.00 bits per heavy atom. The van der Waals surface area contributed by atoms with E-state index in [4.69, 9.17) is 0 Å². The van der Waals surface area contributed by atoms with E-state index in [-0.39, 0.29) is 16.7 Å². The van der Waals surface area contributed by atoms with Gasteiger partial charge in [0.2, 0.25) is 0 Å². The fourth-order valence-electron chi connectivity index (χ4n) is 3.81. The molecule has 1 unspecified atom stereocenters. The van der Waals surface area contributed by atoms with E-state index >= 15 is 0 Å². The van der Waals surface area contributed by atoms with Crippen molar-refractivity contribution in [3.05, 3.63) is 83.7 Å². The highest BCUT2D eigenvalue weighted by molar-refractivity contribution is 7.84. The van der Waals surface area contributed by atoms with Crippen LogP contribution in [0.15, 0.2) is 71.6 Å². The minimum absolute atomic E-state index is 0.0294. The molecular weight excluding hydrogens is 389 g/mol. The van der Waals surface area contributed by atoms with E-state index in [0.717, 1.165) is 11.1 Å². The Morgan fingerprint density at radius 2 is 1.79 bits per heavy atom. The van der Waals surface area contributed by atoms with Crippen LogP contribution in [-0.2, 0) is 16.6 Å². The summed E-state index contributed by atoms with van der Waals surface area (Å²) in [7, 11) is -1.43. The maximum absolute atomic E-state index is 13.8. The monoisotopic (exact) mass is 403 g/mol. The molecule has 6 heteroatoms. The lowest BCUT2D eigenvalue weighted by Gasteiger charge is -2.22. The molecule has 1 aliphatic rings. The molecule has 4 aromatic rings. The molecule has 0 spiro atoms. The molecule has 0 saturated carbocycles. The number of carboxylic acid groups (broad SMARTS) is 1. The topological polar surface area (TPSA) is 67.3 Å². The average molecular weight is 403 g/mol. The lowest BCUT2D eigenvalue weighted by molar-refractivity contribution is 0.0698. The van der Waals surface area contributed by atoms with Crippen molar-refractivity contribution in [2.75, 3.05) is 0 Å². The van der Waals surface area contributed by atoms with E-state index in [1.807, 2.05) is 48.5 Å². The zero-order valence-corrected chi connectivity index (χ0v) is 15.9. The first-order chi connectivity index (χ1) is 14.0. The summed E-state index contributed by atoms with van der Waals surface area (Å²) in [4.78, 5) is 17.2. The van der Waals surface area contributed by atoms with Gasteiger partial charge in [0.25, 0.3) is 0 Å². The van der Waals surface area contributed by atoms with Crippen LogP contribution in [-0.4, -0.2) is 20.3 Å². The van der Waals surface area contributed by atoms with Gasteiger partial charge in [-0.1, -0.05) is 42.5 Å². The highest BCUT2D eigenvalue weighted by Gasteiger charge is 2.29. The van der Waals surface area contributed by atoms with Crippen LogP contribution in [0.1, 0.15) is 15.9 Å². The third-order valence-electron chi connectivity index (χ3n) is 5.13. The Bertz CT molecular complexity index is 1340. The quantitative estimate of drug-likeness (QED) is 0.510. The van der Waals surface area contributed by atoms with Crippen molar-refractivity contribution in [2.24, 2.45) is 0 Å². The van der Waals surface area contributed by atoms with Gasteiger partial charge in [0.05, 0.1) is 33.3 Å². The normalized spacial score (nSPS) is 15.0. The van der Waals surface area contributed by atoms with Gasteiger partial charge in [-0.15, -0.1) is 0 Å². The third-order valence-corrected chi connectivity index (χ3v) is 6.51. The van der Waals surface area contributed by atoms with Gasteiger partial charge in [0, 0.05) is 21.4 Å². The summed E-state index contributed by atoms with van der Waals surface area (Å²) in [5.74, 6) is -1.69. The van der Waals surface area contributed by atoms with E-state index in [0.29, 0.717) is 27.2 Å². The van der Waals surface area contributed by atoms with E-state index in [2.05, 4.69) is 4.98 Å². The van der Waals surface area contributed by atoms with Gasteiger partial charge < -0.3 is 5.11 Å². The van der Waals surface area contributed by atoms with E-state index < -0.39 is 22.6 Å². The standard InChI is InChI=1S/C23H14FNO3S/c24-15-7-9-19-17(11-15)21(23(26)27)18-12-29(28)20-10-14(13-4-2-1-3-5-13)6-8-16(20)22(18)25-19/h1-11H,12H2,(H,26,27). The number of hydrogen-bond donors (Lipinski definition) is 1. The second-order valence-corrected chi connectivity index (χ2v) is 8.27. The number of fused-ring (bicyclic) bond motifs is 4. The Labute approximate surface area is 168 Å². The highest BCUT2D eigenvalue weighted by Crippen LogP contribution is 2.40. The number of benzene rings is 3. The SMILES string of the molecule is O=C(O)c1c2c(nc3ccc(F)cc13)-c1ccc(-c3ccccc3)cc1S(=O)C2. The van der Waals surface area contributed by atoms with Crippen LogP contribution in [0.4, 0.5) is 4.39 Å². The van der Waals surface area contributed by atoms with Crippen molar-refractivity contribution in [3.63, 3.8) is 0 Å². The lowest BCUT2D eigenvalue weighted by atomic mass is 9.95. The molecule has 0 fully saturated rings. The average Bonchev–Trinajstić information content (AvgIpc) is 2.73. The van der Waals surface area contributed by atoms with Gasteiger partial charge >= 0.3 is 5.97 Å². The van der Waals surface area contributed by atoms with Crippen LogP contribution in [0.25, 0.3) is 33.3 Å². The van der Waals surface area contributed by atoms with Crippen LogP contribution < -0.4 is 0 Å². The Morgan fingerprint density at radius 3 is 2.55 bits per heavy atom. The molecule has 3 aromatic carbocycles. The Hall–Kier alpha value is -3.38. The first kappa shape index (κ1) is 17.7. The molecule has 0 radical (unpaired) electrons. The number of carbonyl (C=O) groups is 1. The number of halogens is 1. The van der Waals surface area contributed by atoms with Crippen molar-refractivity contribution in [1.82, 2.24) is 4.98 Å². The molecule has 29 heavy (non-hydrogen) atoms. The van der Waals surface area contributed by atoms with Crippen LogP contribution in [0, 0.1) is 5.82 Å². The highest BCUT2D eigenvalue weighted by atomic mass is 32.2. The molecule has 0 amide bonds. The van der Waals surface area contributed by atoms with E-state index in [1.165, 1.54) is 18.2 Å². The summed E-state index contributed by atoms with van der Waals surface area (Å²) < 4.78 is 26.8. The lowest BCUT2D eigenvalue weighted by Crippen LogP contribution is -2.15. The summed E-state index contributed by atoms with van der Waals surface area (Å²) in [6.07, 6.45) is 0. The van der Waals surface area contributed by atoms with Crippen LogP contribution >= 0.6 is 0 Å². The van der Waals surface area contributed by atoms with Gasteiger partial charge in [-0.2, -0.15) is 0 Å². The molecule has 5 rings (SSSR count). The zero-order chi connectivity index (χ0) is 20.1. The predicted octanol–water partition coefficient (Wildman–Crippen LogP) is 5.03. The summed E-state index contributed by atoms with van der Waals surface area (Å²) in [5.41, 5.74) is 3.83. The first-order valence-corrected chi connectivity index (χ1v) is 10.3. The van der Waals surface area contributed by atoms with Crippen molar-refractivity contribution in [1.29, 1.82) is 0 Å². The molecule has 2 heterocycles. The summed E-state index contributed by atoms with van der Waals surface area (Å²) in [5, 5.41) is 10.0. The molecule has 1 N–H and O–H groups in total. The van der Waals surface area contributed by atoms with Gasteiger partial charge in [-0.25, -0.2) is 14.2 Å². The van der Waals surface area contributed by atoms with Gasteiger partial charge in [-0.3, -0.25) is 4.21 Å². The molecule has 1 atom stereocenters. The molecule has 4 nitrogen and oxygen atoms in total. The van der Waals surface area contributed by atoms with E-state index in [1.54, 1.807) is 0 Å². The van der Waals surface area contributed by atoms with Gasteiger partial charge in [-0.05, 0) is 35.4 Å².